The Balaban J connectivity index is 2.04. The van der Waals surface area contributed by atoms with Gasteiger partial charge in [0, 0.05) is 6.54 Å². The van der Waals surface area contributed by atoms with Gasteiger partial charge in [0.25, 0.3) is 0 Å². The molecule has 0 atom stereocenters. The molecule has 0 aromatic carbocycles. The topological polar surface area (TPSA) is 55.4 Å². The van der Waals surface area contributed by atoms with Gasteiger partial charge in [0.05, 0.1) is 7.11 Å². The summed E-state index contributed by atoms with van der Waals surface area (Å²) in [5.41, 5.74) is 0. The molecule has 0 aliphatic heterocycles. The van der Waals surface area contributed by atoms with Crippen LogP contribution < -0.4 is 5.32 Å². The number of nitrogens with one attached hydrogen (secondary N) is 1. The SMILES string of the molecule is COC(=O)C(=O)NCCC1CC1. The van der Waals surface area contributed by atoms with E-state index in [-0.39, 0.29) is 0 Å². The van der Waals surface area contributed by atoms with Crippen molar-refractivity contribution in [2.75, 3.05) is 13.7 Å². The van der Waals surface area contributed by atoms with E-state index in [1.807, 2.05) is 0 Å². The zero-order valence-electron chi connectivity index (χ0n) is 7.13. The Bertz CT molecular complexity index is 187. The molecule has 0 bridgehead atoms. The summed E-state index contributed by atoms with van der Waals surface area (Å²) in [5, 5.41) is 2.49. The predicted molar refractivity (Wildman–Crippen MR) is 42.4 cm³/mol. The molecule has 4 nitrogen and oxygen atoms in total. The molecule has 1 amide bonds. The molecule has 0 saturated heterocycles. The van der Waals surface area contributed by atoms with Crippen LogP contribution in [0.3, 0.4) is 0 Å². The maximum atomic E-state index is 10.8. The number of rotatable bonds is 3. The molecule has 4 heteroatoms. The first-order valence-corrected chi connectivity index (χ1v) is 4.10. The largest absolute Gasteiger partial charge is 0.462 e. The van der Waals surface area contributed by atoms with Gasteiger partial charge in [0.1, 0.15) is 0 Å². The second-order valence-electron chi connectivity index (χ2n) is 2.98. The molecule has 1 fully saturated rings. The summed E-state index contributed by atoms with van der Waals surface area (Å²) in [6, 6.07) is 0. The molecule has 1 aliphatic carbocycles. The van der Waals surface area contributed by atoms with E-state index in [0.29, 0.717) is 6.54 Å². The normalized spacial score (nSPS) is 15.4. The Morgan fingerprint density at radius 3 is 2.67 bits per heavy atom. The van der Waals surface area contributed by atoms with Gasteiger partial charge in [0.15, 0.2) is 0 Å². The molecule has 1 N–H and O–H groups in total. The van der Waals surface area contributed by atoms with Gasteiger partial charge in [-0.2, -0.15) is 0 Å². The number of carbonyl (C=O) groups excluding carboxylic acids is 2. The molecule has 1 aliphatic rings. The van der Waals surface area contributed by atoms with Crippen molar-refractivity contribution < 1.29 is 14.3 Å². The van der Waals surface area contributed by atoms with Gasteiger partial charge >= 0.3 is 11.9 Å². The van der Waals surface area contributed by atoms with Crippen molar-refractivity contribution in [1.82, 2.24) is 5.32 Å². The lowest BCUT2D eigenvalue weighted by Crippen LogP contribution is -2.32. The monoisotopic (exact) mass is 171 g/mol. The van der Waals surface area contributed by atoms with Gasteiger partial charge in [0.2, 0.25) is 0 Å². The zero-order valence-corrected chi connectivity index (χ0v) is 7.13. The summed E-state index contributed by atoms with van der Waals surface area (Å²) in [5.74, 6) is -0.688. The summed E-state index contributed by atoms with van der Waals surface area (Å²) in [6.07, 6.45) is 3.49. The quantitative estimate of drug-likeness (QED) is 0.483. The molecule has 0 aromatic rings. The van der Waals surface area contributed by atoms with Crippen molar-refractivity contribution in [2.45, 2.75) is 19.3 Å². The summed E-state index contributed by atoms with van der Waals surface area (Å²) in [4.78, 5) is 21.4. The van der Waals surface area contributed by atoms with Crippen LogP contribution in [0.1, 0.15) is 19.3 Å². The van der Waals surface area contributed by atoms with Crippen molar-refractivity contribution in [1.29, 1.82) is 0 Å². The lowest BCUT2D eigenvalue weighted by atomic mass is 10.3. The molecular weight excluding hydrogens is 158 g/mol. The first-order valence-electron chi connectivity index (χ1n) is 4.10. The standard InChI is InChI=1S/C8H13NO3/c1-12-8(11)7(10)9-5-4-6-2-3-6/h6H,2-5H2,1H3,(H,9,10). The summed E-state index contributed by atoms with van der Waals surface area (Å²) in [6.45, 7) is 0.582. The number of esters is 1. The molecule has 0 heterocycles. The summed E-state index contributed by atoms with van der Waals surface area (Å²) >= 11 is 0. The van der Waals surface area contributed by atoms with Crippen LogP contribution in [0, 0.1) is 5.92 Å². The Morgan fingerprint density at radius 1 is 1.50 bits per heavy atom. The minimum absolute atomic E-state index is 0.582. The molecule has 0 aromatic heterocycles. The second-order valence-corrected chi connectivity index (χ2v) is 2.98. The van der Waals surface area contributed by atoms with Crippen LogP contribution in [0.5, 0.6) is 0 Å². The Labute approximate surface area is 71.3 Å². The molecule has 0 unspecified atom stereocenters. The molecular formula is C8H13NO3. The van der Waals surface area contributed by atoms with Crippen LogP contribution in [0.2, 0.25) is 0 Å². The average Bonchev–Trinajstić information content (AvgIpc) is 2.86. The van der Waals surface area contributed by atoms with Gasteiger partial charge in [-0.25, -0.2) is 4.79 Å². The van der Waals surface area contributed by atoms with Crippen LogP contribution in [0.4, 0.5) is 0 Å². The van der Waals surface area contributed by atoms with Crippen LogP contribution >= 0.6 is 0 Å². The highest BCUT2D eigenvalue weighted by molar-refractivity contribution is 6.32. The van der Waals surface area contributed by atoms with Crippen molar-refractivity contribution in [3.8, 4) is 0 Å². The number of hydrogen-bond acceptors (Lipinski definition) is 3. The number of methoxy groups -OCH3 is 1. The fourth-order valence-electron chi connectivity index (χ4n) is 0.961. The maximum absolute atomic E-state index is 10.8. The van der Waals surface area contributed by atoms with E-state index in [9.17, 15) is 9.59 Å². The van der Waals surface area contributed by atoms with Gasteiger partial charge < -0.3 is 10.1 Å². The van der Waals surface area contributed by atoms with Crippen LogP contribution in [-0.2, 0) is 14.3 Å². The van der Waals surface area contributed by atoms with Crippen LogP contribution in [0.15, 0.2) is 0 Å². The van der Waals surface area contributed by atoms with Crippen molar-refractivity contribution in [3.63, 3.8) is 0 Å². The fourth-order valence-corrected chi connectivity index (χ4v) is 0.961. The average molecular weight is 171 g/mol. The minimum Gasteiger partial charge on any atom is -0.462 e. The van der Waals surface area contributed by atoms with Crippen LogP contribution in [-0.4, -0.2) is 25.5 Å². The lowest BCUT2D eigenvalue weighted by molar-refractivity contribution is -0.152. The highest BCUT2D eigenvalue weighted by atomic mass is 16.5. The third-order valence-electron chi connectivity index (χ3n) is 1.91. The number of hydrogen-bond donors (Lipinski definition) is 1. The smallest absolute Gasteiger partial charge is 0.396 e. The van der Waals surface area contributed by atoms with Crippen molar-refractivity contribution in [3.05, 3.63) is 0 Å². The van der Waals surface area contributed by atoms with E-state index in [0.717, 1.165) is 12.3 Å². The molecule has 68 valence electrons. The number of ether oxygens (including phenoxy) is 1. The third-order valence-corrected chi connectivity index (χ3v) is 1.91. The summed E-state index contributed by atoms with van der Waals surface area (Å²) < 4.78 is 4.23. The van der Waals surface area contributed by atoms with Gasteiger partial charge in [-0.3, -0.25) is 4.79 Å². The third kappa shape index (κ3) is 2.90. The Kier molecular flexibility index (Phi) is 3.08. The lowest BCUT2D eigenvalue weighted by Gasteiger charge is -2.01. The second kappa shape index (κ2) is 4.09. The molecule has 1 rings (SSSR count). The van der Waals surface area contributed by atoms with Gasteiger partial charge in [-0.15, -0.1) is 0 Å². The van der Waals surface area contributed by atoms with E-state index in [1.54, 1.807) is 0 Å². The van der Waals surface area contributed by atoms with E-state index >= 15 is 0 Å². The van der Waals surface area contributed by atoms with E-state index < -0.39 is 11.9 Å². The Hall–Kier alpha value is -1.06. The molecule has 0 spiro atoms. The minimum atomic E-state index is -0.814. The van der Waals surface area contributed by atoms with Crippen molar-refractivity contribution in [2.24, 2.45) is 5.92 Å². The highest BCUT2D eigenvalue weighted by Gasteiger charge is 2.21. The number of carbonyl (C=O) groups is 2. The summed E-state index contributed by atoms with van der Waals surface area (Å²) in [7, 11) is 1.20. The predicted octanol–water partition coefficient (Wildman–Crippen LogP) is 0.0757. The maximum Gasteiger partial charge on any atom is 0.396 e. The first kappa shape index (κ1) is 9.03. The molecule has 1 saturated carbocycles. The van der Waals surface area contributed by atoms with E-state index in [4.69, 9.17) is 0 Å². The molecule has 12 heavy (non-hydrogen) atoms. The zero-order chi connectivity index (χ0) is 8.97. The van der Waals surface area contributed by atoms with E-state index in [2.05, 4.69) is 10.1 Å². The highest BCUT2D eigenvalue weighted by Crippen LogP contribution is 2.31. The Morgan fingerprint density at radius 2 is 2.17 bits per heavy atom. The molecule has 0 radical (unpaired) electrons. The fraction of sp³-hybridized carbons (Fsp3) is 0.750. The van der Waals surface area contributed by atoms with Gasteiger partial charge in [-0.05, 0) is 12.3 Å². The van der Waals surface area contributed by atoms with Crippen molar-refractivity contribution >= 4 is 11.9 Å². The van der Waals surface area contributed by atoms with Gasteiger partial charge in [-0.1, -0.05) is 12.8 Å². The van der Waals surface area contributed by atoms with Crippen LogP contribution in [0.25, 0.3) is 0 Å². The van der Waals surface area contributed by atoms with E-state index in [1.165, 1.54) is 20.0 Å². The number of amides is 1. The first-order chi connectivity index (χ1) is 5.74.